The van der Waals surface area contributed by atoms with E-state index in [1.165, 1.54) is 82.0 Å². The molecule has 0 saturated carbocycles. The molecule has 0 aliphatic rings. The maximum Gasteiger partial charge on any atom is 0.0562 e. The van der Waals surface area contributed by atoms with Gasteiger partial charge in [0.25, 0.3) is 0 Å². The van der Waals surface area contributed by atoms with Crippen LogP contribution >= 0.6 is 0 Å². The Morgan fingerprint density at radius 1 is 0.306 bits per heavy atom. The Morgan fingerprint density at radius 2 is 0.839 bits per heavy atom. The van der Waals surface area contributed by atoms with Gasteiger partial charge in [0.1, 0.15) is 0 Å². The van der Waals surface area contributed by atoms with Crippen molar-refractivity contribution in [1.82, 2.24) is 4.57 Å². The lowest BCUT2D eigenvalue weighted by Crippen LogP contribution is -2.11. The highest BCUT2D eigenvalue weighted by Gasteiger charge is 2.24. The zero-order valence-electron chi connectivity index (χ0n) is 34.0. The summed E-state index contributed by atoms with van der Waals surface area (Å²) < 4.78 is 2.41. The first-order valence-corrected chi connectivity index (χ1v) is 21.4. The molecule has 0 aliphatic heterocycles. The first kappa shape index (κ1) is 35.7. The topological polar surface area (TPSA) is 8.17 Å². The van der Waals surface area contributed by atoms with Gasteiger partial charge in [0.05, 0.1) is 16.7 Å². The zero-order chi connectivity index (χ0) is 41.0. The molecule has 12 aromatic rings. The van der Waals surface area contributed by atoms with Crippen molar-refractivity contribution in [1.29, 1.82) is 0 Å². The molecular formula is C60H40N2. The number of benzene rings is 11. The second-order valence-electron chi connectivity index (χ2n) is 16.0. The molecule has 0 spiro atoms. The standard InChI is InChI=1S/C60H40N2/c1-4-20-42(21-5-1)58-52-31-13-12-30-50(52)51-38-37-47(40-54(51)59(58)43-22-6-2-7-23-43)61(46-28-16-25-44(39-46)49-33-17-24-41-19-10-11-29-48(41)49)56-35-18-36-57-60(56)53-32-14-15-34-55(53)62(57)45-26-8-3-9-27-45/h1-40H. The molecule has 290 valence electrons. The van der Waals surface area contributed by atoms with E-state index in [4.69, 9.17) is 0 Å². The molecule has 0 bridgehead atoms. The van der Waals surface area contributed by atoms with Crippen molar-refractivity contribution in [2.24, 2.45) is 0 Å². The number of fused-ring (bicyclic) bond motifs is 7. The van der Waals surface area contributed by atoms with Gasteiger partial charge in [-0.1, -0.05) is 188 Å². The van der Waals surface area contributed by atoms with Crippen molar-refractivity contribution in [3.63, 3.8) is 0 Å². The molecule has 0 N–H and O–H groups in total. The van der Waals surface area contributed by atoms with E-state index in [9.17, 15) is 0 Å². The highest BCUT2D eigenvalue weighted by Crippen LogP contribution is 2.49. The number of hydrogen-bond donors (Lipinski definition) is 0. The Balaban J connectivity index is 1.19. The van der Waals surface area contributed by atoms with Crippen molar-refractivity contribution in [2.45, 2.75) is 0 Å². The van der Waals surface area contributed by atoms with Gasteiger partial charge in [0, 0.05) is 27.8 Å². The van der Waals surface area contributed by atoms with E-state index in [1.807, 2.05) is 0 Å². The molecular weight excluding hydrogens is 749 g/mol. The molecule has 0 unspecified atom stereocenters. The van der Waals surface area contributed by atoms with Crippen LogP contribution in [0.3, 0.4) is 0 Å². The molecule has 11 aromatic carbocycles. The third-order valence-electron chi connectivity index (χ3n) is 12.5. The van der Waals surface area contributed by atoms with Gasteiger partial charge in [-0.15, -0.1) is 0 Å². The number of aromatic nitrogens is 1. The van der Waals surface area contributed by atoms with Crippen LogP contribution in [0.25, 0.3) is 93.2 Å². The molecule has 1 heterocycles. The number of hydrogen-bond acceptors (Lipinski definition) is 1. The van der Waals surface area contributed by atoms with Crippen molar-refractivity contribution >= 4 is 71.2 Å². The van der Waals surface area contributed by atoms with Crippen LogP contribution in [0.15, 0.2) is 243 Å². The first-order chi connectivity index (χ1) is 30.8. The van der Waals surface area contributed by atoms with Crippen LogP contribution in [-0.2, 0) is 0 Å². The second kappa shape index (κ2) is 14.8. The summed E-state index contributed by atoms with van der Waals surface area (Å²) in [5.41, 5.74) is 14.0. The normalized spacial score (nSPS) is 11.5. The smallest absolute Gasteiger partial charge is 0.0562 e. The summed E-state index contributed by atoms with van der Waals surface area (Å²) in [5.74, 6) is 0. The predicted molar refractivity (Wildman–Crippen MR) is 264 cm³/mol. The van der Waals surface area contributed by atoms with Crippen LogP contribution < -0.4 is 4.90 Å². The fourth-order valence-corrected chi connectivity index (χ4v) is 9.89. The molecule has 0 aliphatic carbocycles. The largest absolute Gasteiger partial charge is 0.310 e. The molecule has 2 heteroatoms. The highest BCUT2D eigenvalue weighted by molar-refractivity contribution is 6.23. The summed E-state index contributed by atoms with van der Waals surface area (Å²) in [6.07, 6.45) is 0. The Kier molecular flexibility index (Phi) is 8.53. The lowest BCUT2D eigenvalue weighted by molar-refractivity contribution is 1.18. The maximum atomic E-state index is 2.49. The summed E-state index contributed by atoms with van der Waals surface area (Å²) in [4.78, 5) is 2.49. The molecule has 0 saturated heterocycles. The summed E-state index contributed by atoms with van der Waals surface area (Å²) >= 11 is 0. The quantitative estimate of drug-likeness (QED) is 0.146. The average Bonchev–Trinajstić information content (AvgIpc) is 3.69. The Bertz CT molecular complexity index is 3620. The van der Waals surface area contributed by atoms with Gasteiger partial charge in [-0.2, -0.15) is 0 Å². The van der Waals surface area contributed by atoms with E-state index in [0.717, 1.165) is 28.3 Å². The molecule has 62 heavy (non-hydrogen) atoms. The minimum absolute atomic E-state index is 1.09. The SMILES string of the molecule is c1ccc(-c2c(-c3ccccc3)c3cc(N(c4cccc(-c5cccc6ccccc56)c4)c4cccc5c4c4ccccc4n5-c4ccccc4)ccc3c3ccccc23)cc1. The highest BCUT2D eigenvalue weighted by atomic mass is 15.1. The minimum Gasteiger partial charge on any atom is -0.310 e. The van der Waals surface area contributed by atoms with Crippen LogP contribution in [0.5, 0.6) is 0 Å². The van der Waals surface area contributed by atoms with E-state index in [-0.39, 0.29) is 0 Å². The summed E-state index contributed by atoms with van der Waals surface area (Å²) in [6.45, 7) is 0. The molecule has 12 rings (SSSR count). The number of rotatable bonds is 7. The van der Waals surface area contributed by atoms with Gasteiger partial charge in [-0.05, 0) is 120 Å². The molecule has 0 radical (unpaired) electrons. The monoisotopic (exact) mass is 788 g/mol. The number of nitrogens with zero attached hydrogens (tertiary/aromatic N) is 2. The van der Waals surface area contributed by atoms with E-state index in [1.54, 1.807) is 0 Å². The van der Waals surface area contributed by atoms with Crippen molar-refractivity contribution in [3.05, 3.63) is 243 Å². The summed E-state index contributed by atoms with van der Waals surface area (Å²) in [5, 5.41) is 9.81. The van der Waals surface area contributed by atoms with Gasteiger partial charge in [0.15, 0.2) is 0 Å². The lowest BCUT2D eigenvalue weighted by atomic mass is 9.85. The van der Waals surface area contributed by atoms with Crippen LogP contribution in [0.4, 0.5) is 17.1 Å². The Labute approximate surface area is 360 Å². The third-order valence-corrected chi connectivity index (χ3v) is 12.5. The van der Waals surface area contributed by atoms with Crippen LogP contribution in [-0.4, -0.2) is 4.57 Å². The second-order valence-corrected chi connectivity index (χ2v) is 16.0. The molecule has 2 nitrogen and oxygen atoms in total. The van der Waals surface area contributed by atoms with E-state index < -0.39 is 0 Å². The molecule has 0 fully saturated rings. The number of anilines is 3. The van der Waals surface area contributed by atoms with Crippen LogP contribution in [0.1, 0.15) is 0 Å². The van der Waals surface area contributed by atoms with Gasteiger partial charge in [0.2, 0.25) is 0 Å². The molecule has 0 amide bonds. The van der Waals surface area contributed by atoms with Crippen molar-refractivity contribution in [2.75, 3.05) is 4.90 Å². The van der Waals surface area contributed by atoms with Crippen LogP contribution in [0, 0.1) is 0 Å². The summed E-state index contributed by atoms with van der Waals surface area (Å²) in [6, 6.07) is 88.6. The van der Waals surface area contributed by atoms with Crippen molar-refractivity contribution in [3.8, 4) is 39.1 Å². The van der Waals surface area contributed by atoms with Gasteiger partial charge in [-0.3, -0.25) is 0 Å². The Hall–Kier alpha value is -8.20. The van der Waals surface area contributed by atoms with Gasteiger partial charge >= 0.3 is 0 Å². The Morgan fingerprint density at radius 3 is 1.61 bits per heavy atom. The predicted octanol–water partition coefficient (Wildman–Crippen LogP) is 16.7. The van der Waals surface area contributed by atoms with E-state index in [0.29, 0.717) is 0 Å². The summed E-state index contributed by atoms with van der Waals surface area (Å²) in [7, 11) is 0. The fourth-order valence-electron chi connectivity index (χ4n) is 9.89. The van der Waals surface area contributed by atoms with Crippen molar-refractivity contribution < 1.29 is 0 Å². The number of para-hydroxylation sites is 2. The minimum atomic E-state index is 1.09. The zero-order valence-corrected chi connectivity index (χ0v) is 34.0. The fraction of sp³-hybridized carbons (Fsp3) is 0. The van der Waals surface area contributed by atoms with Gasteiger partial charge < -0.3 is 9.47 Å². The average molecular weight is 789 g/mol. The van der Waals surface area contributed by atoms with E-state index in [2.05, 4.69) is 252 Å². The van der Waals surface area contributed by atoms with Gasteiger partial charge in [-0.25, -0.2) is 0 Å². The maximum absolute atomic E-state index is 2.49. The van der Waals surface area contributed by atoms with Crippen LogP contribution in [0.2, 0.25) is 0 Å². The van der Waals surface area contributed by atoms with E-state index >= 15 is 0 Å². The third kappa shape index (κ3) is 5.80. The lowest BCUT2D eigenvalue weighted by Gasteiger charge is -2.28. The first-order valence-electron chi connectivity index (χ1n) is 21.4. The molecule has 1 aromatic heterocycles. The molecule has 0 atom stereocenters.